The molecule has 0 unspecified atom stereocenters. The molecule has 1 fully saturated rings. The molecule has 14 heavy (non-hydrogen) atoms. The normalized spacial score (nSPS) is 18.5. The lowest BCUT2D eigenvalue weighted by Gasteiger charge is -2.20. The Morgan fingerprint density at radius 3 is 2.79 bits per heavy atom. The van der Waals surface area contributed by atoms with Gasteiger partial charge in [0.15, 0.2) is 6.29 Å². The fourth-order valence-electron chi connectivity index (χ4n) is 2.10. The number of aldehydes is 1. The maximum absolute atomic E-state index is 10.7. The minimum atomic E-state index is 0.469. The van der Waals surface area contributed by atoms with Crippen LogP contribution in [0.25, 0.3) is 0 Å². The first kappa shape index (κ1) is 9.50. The minimum absolute atomic E-state index is 0.469. The number of carbonyl (C=O) groups excluding carboxylic acids is 1. The van der Waals surface area contributed by atoms with E-state index in [1.54, 1.807) is 0 Å². The Morgan fingerprint density at radius 1 is 1.57 bits per heavy atom. The molecule has 2 rings (SSSR count). The van der Waals surface area contributed by atoms with Crippen LogP contribution in [-0.4, -0.2) is 10.9 Å². The molecule has 2 heteroatoms. The molecule has 76 valence electrons. The number of hydrogen-bond acceptors (Lipinski definition) is 1. The largest absolute Gasteiger partial charge is 0.345 e. The highest BCUT2D eigenvalue weighted by Crippen LogP contribution is 2.53. The Balaban J connectivity index is 2.14. The molecule has 2 nitrogen and oxygen atoms in total. The maximum atomic E-state index is 10.7. The van der Waals surface area contributed by atoms with Crippen molar-refractivity contribution in [2.75, 3.05) is 0 Å². The average Bonchev–Trinajstić information content (AvgIpc) is 2.79. The van der Waals surface area contributed by atoms with Crippen molar-refractivity contribution in [1.82, 2.24) is 4.57 Å². The molecule has 0 atom stereocenters. The van der Waals surface area contributed by atoms with Crippen molar-refractivity contribution in [3.8, 4) is 0 Å². The summed E-state index contributed by atoms with van der Waals surface area (Å²) in [4.78, 5) is 10.7. The Hall–Kier alpha value is -1.05. The minimum Gasteiger partial charge on any atom is -0.345 e. The van der Waals surface area contributed by atoms with Gasteiger partial charge in [0.25, 0.3) is 0 Å². The smallest absolute Gasteiger partial charge is 0.166 e. The summed E-state index contributed by atoms with van der Waals surface area (Å²) >= 11 is 0. The third-order valence-electron chi connectivity index (χ3n) is 3.59. The first-order valence-electron chi connectivity index (χ1n) is 5.28. The van der Waals surface area contributed by atoms with Gasteiger partial charge in [-0.15, -0.1) is 0 Å². The maximum Gasteiger partial charge on any atom is 0.166 e. The quantitative estimate of drug-likeness (QED) is 0.671. The van der Waals surface area contributed by atoms with E-state index in [0.717, 1.165) is 18.5 Å². The second kappa shape index (κ2) is 3.26. The van der Waals surface area contributed by atoms with Gasteiger partial charge in [0.05, 0.1) is 5.69 Å². The van der Waals surface area contributed by atoms with Gasteiger partial charge in [-0.1, -0.05) is 13.8 Å². The molecule has 0 bridgehead atoms. The number of carbonyl (C=O) groups is 1. The van der Waals surface area contributed by atoms with Gasteiger partial charge in [-0.3, -0.25) is 4.79 Å². The van der Waals surface area contributed by atoms with Crippen LogP contribution in [0.3, 0.4) is 0 Å². The van der Waals surface area contributed by atoms with Crippen molar-refractivity contribution in [1.29, 1.82) is 0 Å². The highest BCUT2D eigenvalue weighted by Gasteiger charge is 2.45. The molecule has 1 aromatic rings. The fraction of sp³-hybridized carbons (Fsp3) is 0.583. The molecule has 1 aromatic heterocycles. The van der Waals surface area contributed by atoms with Crippen LogP contribution in [0.4, 0.5) is 0 Å². The summed E-state index contributed by atoms with van der Waals surface area (Å²) in [6.45, 7) is 5.56. The van der Waals surface area contributed by atoms with Gasteiger partial charge in [-0.25, -0.2) is 0 Å². The molecule has 0 spiro atoms. The van der Waals surface area contributed by atoms with E-state index in [4.69, 9.17) is 0 Å². The van der Waals surface area contributed by atoms with Crippen molar-refractivity contribution in [2.45, 2.75) is 33.2 Å². The van der Waals surface area contributed by atoms with E-state index in [-0.39, 0.29) is 0 Å². The lowest BCUT2D eigenvalue weighted by molar-refractivity contribution is 0.111. The first-order chi connectivity index (χ1) is 6.68. The van der Waals surface area contributed by atoms with E-state index in [2.05, 4.69) is 18.4 Å². The van der Waals surface area contributed by atoms with E-state index in [0.29, 0.717) is 11.3 Å². The van der Waals surface area contributed by atoms with E-state index >= 15 is 0 Å². The summed E-state index contributed by atoms with van der Waals surface area (Å²) in [6.07, 6.45) is 5.56. The molecule has 0 radical (unpaired) electrons. The van der Waals surface area contributed by atoms with Gasteiger partial charge in [-0.05, 0) is 36.3 Å². The van der Waals surface area contributed by atoms with E-state index < -0.39 is 0 Å². The van der Waals surface area contributed by atoms with Crippen molar-refractivity contribution in [2.24, 2.45) is 11.3 Å². The van der Waals surface area contributed by atoms with Crippen LogP contribution in [0.2, 0.25) is 0 Å². The summed E-state index contributed by atoms with van der Waals surface area (Å²) in [7, 11) is 0. The molecule has 1 aliphatic rings. The Bertz CT molecular complexity index is 334. The summed E-state index contributed by atoms with van der Waals surface area (Å²) in [5, 5.41) is 0. The molecular weight excluding hydrogens is 174 g/mol. The van der Waals surface area contributed by atoms with Crippen LogP contribution in [-0.2, 0) is 6.54 Å². The zero-order valence-corrected chi connectivity index (χ0v) is 8.86. The molecule has 0 saturated heterocycles. The predicted octanol–water partition coefficient (Wildman–Crippen LogP) is 2.74. The van der Waals surface area contributed by atoms with E-state index in [9.17, 15) is 4.79 Å². The van der Waals surface area contributed by atoms with Crippen LogP contribution in [0.5, 0.6) is 0 Å². The number of hydrogen-bond donors (Lipinski definition) is 0. The van der Waals surface area contributed by atoms with Crippen LogP contribution >= 0.6 is 0 Å². The molecule has 0 aromatic carbocycles. The third-order valence-corrected chi connectivity index (χ3v) is 3.59. The highest BCUT2D eigenvalue weighted by atomic mass is 16.1. The average molecular weight is 191 g/mol. The van der Waals surface area contributed by atoms with Crippen molar-refractivity contribution in [3.63, 3.8) is 0 Å². The standard InChI is InChI=1S/C12H17NO/c1-10(2)12(5-6-12)9-13-7-3-4-11(13)8-14/h3-4,7-8,10H,5-6,9H2,1-2H3. The van der Waals surface area contributed by atoms with Crippen LogP contribution in [0, 0.1) is 11.3 Å². The highest BCUT2D eigenvalue weighted by molar-refractivity contribution is 5.72. The summed E-state index contributed by atoms with van der Waals surface area (Å²) < 4.78 is 2.08. The van der Waals surface area contributed by atoms with Crippen molar-refractivity contribution >= 4 is 6.29 Å². The van der Waals surface area contributed by atoms with Gasteiger partial charge in [0.2, 0.25) is 0 Å². The lowest BCUT2D eigenvalue weighted by atomic mass is 9.92. The predicted molar refractivity (Wildman–Crippen MR) is 56.3 cm³/mol. The van der Waals surface area contributed by atoms with E-state index in [1.807, 2.05) is 18.3 Å². The Labute approximate surface area is 84.9 Å². The number of nitrogens with zero attached hydrogens (tertiary/aromatic N) is 1. The molecule has 1 heterocycles. The van der Waals surface area contributed by atoms with Crippen LogP contribution < -0.4 is 0 Å². The van der Waals surface area contributed by atoms with Gasteiger partial charge < -0.3 is 4.57 Å². The Morgan fingerprint density at radius 2 is 2.29 bits per heavy atom. The zero-order chi connectivity index (χ0) is 10.2. The summed E-state index contributed by atoms with van der Waals surface area (Å²) in [6, 6.07) is 3.82. The molecule has 0 aliphatic heterocycles. The Kier molecular flexibility index (Phi) is 2.22. The van der Waals surface area contributed by atoms with E-state index in [1.165, 1.54) is 12.8 Å². The molecule has 0 amide bonds. The van der Waals surface area contributed by atoms with Gasteiger partial charge in [0.1, 0.15) is 0 Å². The summed E-state index contributed by atoms with van der Waals surface area (Å²) in [5.41, 5.74) is 1.27. The summed E-state index contributed by atoms with van der Waals surface area (Å²) in [5.74, 6) is 0.712. The number of rotatable bonds is 4. The van der Waals surface area contributed by atoms with Crippen molar-refractivity contribution < 1.29 is 4.79 Å². The SMILES string of the molecule is CC(C)C1(Cn2cccc2C=O)CC1. The van der Waals surface area contributed by atoms with Crippen molar-refractivity contribution in [3.05, 3.63) is 24.0 Å². The molecule has 0 N–H and O–H groups in total. The molecule has 1 aliphatic carbocycles. The molecule has 1 saturated carbocycles. The first-order valence-corrected chi connectivity index (χ1v) is 5.28. The third kappa shape index (κ3) is 1.49. The zero-order valence-electron chi connectivity index (χ0n) is 8.86. The number of aromatic nitrogens is 1. The van der Waals surface area contributed by atoms with Gasteiger partial charge >= 0.3 is 0 Å². The van der Waals surface area contributed by atoms with Gasteiger partial charge in [-0.2, -0.15) is 0 Å². The molecular formula is C12H17NO. The fourth-order valence-corrected chi connectivity index (χ4v) is 2.10. The second-order valence-electron chi connectivity index (χ2n) is 4.70. The van der Waals surface area contributed by atoms with Gasteiger partial charge in [0, 0.05) is 12.7 Å². The topological polar surface area (TPSA) is 22.0 Å². The van der Waals surface area contributed by atoms with Crippen LogP contribution in [0.15, 0.2) is 18.3 Å². The second-order valence-corrected chi connectivity index (χ2v) is 4.70. The lowest BCUT2D eigenvalue weighted by Crippen LogP contribution is -2.18. The van der Waals surface area contributed by atoms with Crippen LogP contribution in [0.1, 0.15) is 37.2 Å². The monoisotopic (exact) mass is 191 g/mol.